The molecule has 0 aliphatic rings. The molecule has 82 valence electrons. The van der Waals surface area contributed by atoms with Gasteiger partial charge < -0.3 is 10.2 Å². The van der Waals surface area contributed by atoms with Crippen LogP contribution in [0.3, 0.4) is 0 Å². The van der Waals surface area contributed by atoms with Gasteiger partial charge in [0, 0.05) is 6.42 Å². The van der Waals surface area contributed by atoms with Gasteiger partial charge in [0.15, 0.2) is 11.4 Å². The number of Topliss-reactive ketones (excluding diaryl/α,β-unsaturated/α-hetero) is 1. The molecule has 0 bridgehead atoms. The van der Waals surface area contributed by atoms with E-state index in [0.717, 1.165) is 5.56 Å². The molecule has 2 N–H and O–H groups in total. The van der Waals surface area contributed by atoms with Gasteiger partial charge in [0.2, 0.25) is 0 Å². The zero-order valence-electron chi connectivity index (χ0n) is 8.97. The molecule has 0 amide bonds. The minimum Gasteiger partial charge on any atom is -0.390 e. The third-order valence-corrected chi connectivity index (χ3v) is 2.62. The van der Waals surface area contributed by atoms with E-state index in [1.807, 2.05) is 30.3 Å². The molecule has 3 nitrogen and oxygen atoms in total. The summed E-state index contributed by atoms with van der Waals surface area (Å²) in [6, 6.07) is 9.15. The van der Waals surface area contributed by atoms with Crippen LogP contribution in [-0.4, -0.2) is 27.7 Å². The lowest BCUT2D eigenvalue weighted by molar-refractivity contribution is -0.146. The van der Waals surface area contributed by atoms with Crippen LogP contribution < -0.4 is 0 Å². The van der Waals surface area contributed by atoms with Crippen LogP contribution in [0.25, 0.3) is 0 Å². The van der Waals surface area contributed by atoms with Gasteiger partial charge >= 0.3 is 0 Å². The van der Waals surface area contributed by atoms with Crippen molar-refractivity contribution in [2.45, 2.75) is 32.0 Å². The van der Waals surface area contributed by atoms with Crippen LogP contribution in [-0.2, 0) is 11.2 Å². The van der Waals surface area contributed by atoms with Crippen LogP contribution in [0.2, 0.25) is 0 Å². The topological polar surface area (TPSA) is 57.5 Å². The summed E-state index contributed by atoms with van der Waals surface area (Å²) in [5.41, 5.74) is -0.849. The molecular weight excluding hydrogens is 192 g/mol. The largest absolute Gasteiger partial charge is 0.390 e. The lowest BCUT2D eigenvalue weighted by Gasteiger charge is -2.28. The number of carbonyl (C=O) groups excluding carboxylic acids is 1. The second kappa shape index (κ2) is 4.55. The number of rotatable bonds is 4. The minimum absolute atomic E-state index is 0.140. The van der Waals surface area contributed by atoms with Gasteiger partial charge in [0.25, 0.3) is 0 Å². The predicted molar refractivity (Wildman–Crippen MR) is 57.5 cm³/mol. The number of aliphatic hydroxyl groups excluding tert-OH is 1. The van der Waals surface area contributed by atoms with Crippen LogP contribution in [0.1, 0.15) is 19.4 Å². The van der Waals surface area contributed by atoms with Crippen molar-refractivity contribution in [2.75, 3.05) is 0 Å². The van der Waals surface area contributed by atoms with Gasteiger partial charge in [-0.1, -0.05) is 30.3 Å². The summed E-state index contributed by atoms with van der Waals surface area (Å²) >= 11 is 0. The highest BCUT2D eigenvalue weighted by Gasteiger charge is 2.37. The molecule has 2 atom stereocenters. The fourth-order valence-corrected chi connectivity index (χ4v) is 1.47. The second-order valence-electron chi connectivity index (χ2n) is 3.82. The number of benzene rings is 1. The Morgan fingerprint density at radius 3 is 2.33 bits per heavy atom. The number of aliphatic hydroxyl groups is 2. The summed E-state index contributed by atoms with van der Waals surface area (Å²) in [7, 11) is 0. The molecule has 0 fully saturated rings. The molecular formula is C12H16O3. The Morgan fingerprint density at radius 2 is 1.93 bits per heavy atom. The van der Waals surface area contributed by atoms with E-state index < -0.39 is 17.5 Å². The van der Waals surface area contributed by atoms with Gasteiger partial charge in [-0.15, -0.1) is 0 Å². The Kier molecular flexibility index (Phi) is 3.61. The molecule has 1 aromatic rings. The molecule has 0 heterocycles. The van der Waals surface area contributed by atoms with Gasteiger partial charge in [-0.05, 0) is 19.4 Å². The van der Waals surface area contributed by atoms with Crippen LogP contribution in [0.4, 0.5) is 0 Å². The van der Waals surface area contributed by atoms with Crippen molar-refractivity contribution in [2.24, 2.45) is 0 Å². The van der Waals surface area contributed by atoms with Gasteiger partial charge in [-0.3, -0.25) is 4.79 Å². The zero-order chi connectivity index (χ0) is 11.5. The highest BCUT2D eigenvalue weighted by molar-refractivity contribution is 5.85. The van der Waals surface area contributed by atoms with Gasteiger partial charge in [0.1, 0.15) is 0 Å². The second-order valence-corrected chi connectivity index (χ2v) is 3.82. The summed E-state index contributed by atoms with van der Waals surface area (Å²) in [4.78, 5) is 11.3. The van der Waals surface area contributed by atoms with Crippen LogP contribution in [0.5, 0.6) is 0 Å². The number of hydrogen-bond acceptors (Lipinski definition) is 3. The van der Waals surface area contributed by atoms with E-state index >= 15 is 0 Å². The molecule has 0 radical (unpaired) electrons. The van der Waals surface area contributed by atoms with E-state index in [4.69, 9.17) is 0 Å². The minimum atomic E-state index is -1.68. The average molecular weight is 208 g/mol. The first-order valence-corrected chi connectivity index (χ1v) is 4.92. The molecule has 0 aromatic heterocycles. The smallest absolute Gasteiger partial charge is 0.164 e. The van der Waals surface area contributed by atoms with Crippen molar-refractivity contribution >= 4 is 5.78 Å². The zero-order valence-corrected chi connectivity index (χ0v) is 8.97. The van der Waals surface area contributed by atoms with Gasteiger partial charge in [-0.2, -0.15) is 0 Å². The molecule has 1 rings (SSSR count). The predicted octanol–water partition coefficient (Wildman–Crippen LogP) is 0.930. The van der Waals surface area contributed by atoms with Crippen molar-refractivity contribution in [1.29, 1.82) is 0 Å². The summed E-state index contributed by atoms with van der Waals surface area (Å²) in [5.74, 6) is -0.415. The number of carbonyl (C=O) groups is 1. The maximum absolute atomic E-state index is 11.3. The standard InChI is InChI=1S/C12H16O3/c1-9(13)12(15,10(2)14)8-11-6-4-3-5-7-11/h3-7,9,13,15H,8H2,1-2H3/t9-,12+/m1/s1. The van der Waals surface area contributed by atoms with E-state index in [0.29, 0.717) is 0 Å². The Morgan fingerprint density at radius 1 is 1.40 bits per heavy atom. The van der Waals surface area contributed by atoms with E-state index in [9.17, 15) is 15.0 Å². The molecule has 0 saturated carbocycles. The Balaban J connectivity index is 2.90. The first-order chi connectivity index (χ1) is 6.97. The number of ketones is 1. The quantitative estimate of drug-likeness (QED) is 0.774. The van der Waals surface area contributed by atoms with Crippen molar-refractivity contribution < 1.29 is 15.0 Å². The van der Waals surface area contributed by atoms with Crippen molar-refractivity contribution in [1.82, 2.24) is 0 Å². The van der Waals surface area contributed by atoms with Crippen molar-refractivity contribution in [3.05, 3.63) is 35.9 Å². The Bertz CT molecular complexity index is 332. The summed E-state index contributed by atoms with van der Waals surface area (Å²) in [5, 5.41) is 19.5. The summed E-state index contributed by atoms with van der Waals surface area (Å²) in [6.07, 6.45) is -0.934. The van der Waals surface area contributed by atoms with Crippen molar-refractivity contribution in [3.8, 4) is 0 Å². The normalized spacial score (nSPS) is 16.8. The molecule has 3 heteroatoms. The molecule has 0 saturated heterocycles. The molecule has 0 aliphatic heterocycles. The average Bonchev–Trinajstić information content (AvgIpc) is 2.18. The molecule has 0 spiro atoms. The fourth-order valence-electron chi connectivity index (χ4n) is 1.47. The molecule has 0 unspecified atom stereocenters. The molecule has 1 aromatic carbocycles. The maximum Gasteiger partial charge on any atom is 0.164 e. The SMILES string of the molecule is CC(=O)[C@](O)(Cc1ccccc1)[C@@H](C)O. The van der Waals surface area contributed by atoms with Crippen LogP contribution in [0, 0.1) is 0 Å². The van der Waals surface area contributed by atoms with Gasteiger partial charge in [0.05, 0.1) is 6.10 Å². The lowest BCUT2D eigenvalue weighted by Crippen LogP contribution is -2.48. The summed E-state index contributed by atoms with van der Waals surface area (Å²) < 4.78 is 0. The Labute approximate surface area is 89.4 Å². The molecule has 0 aliphatic carbocycles. The Hall–Kier alpha value is -1.19. The highest BCUT2D eigenvalue weighted by Crippen LogP contribution is 2.18. The first-order valence-electron chi connectivity index (χ1n) is 4.92. The fraction of sp³-hybridized carbons (Fsp3) is 0.417. The molecule has 15 heavy (non-hydrogen) atoms. The first kappa shape index (κ1) is 11.9. The number of hydrogen-bond donors (Lipinski definition) is 2. The van der Waals surface area contributed by atoms with Crippen LogP contribution >= 0.6 is 0 Å². The van der Waals surface area contributed by atoms with Crippen LogP contribution in [0.15, 0.2) is 30.3 Å². The van der Waals surface area contributed by atoms with E-state index in [-0.39, 0.29) is 6.42 Å². The lowest BCUT2D eigenvalue weighted by atomic mass is 9.86. The highest BCUT2D eigenvalue weighted by atomic mass is 16.3. The maximum atomic E-state index is 11.3. The third-order valence-electron chi connectivity index (χ3n) is 2.62. The summed E-state index contributed by atoms with van der Waals surface area (Å²) in [6.45, 7) is 2.71. The third kappa shape index (κ3) is 2.64. The monoisotopic (exact) mass is 208 g/mol. The van der Waals surface area contributed by atoms with Gasteiger partial charge in [-0.25, -0.2) is 0 Å². The van der Waals surface area contributed by atoms with E-state index in [1.54, 1.807) is 0 Å². The van der Waals surface area contributed by atoms with E-state index in [1.165, 1.54) is 13.8 Å². The van der Waals surface area contributed by atoms with Crippen molar-refractivity contribution in [3.63, 3.8) is 0 Å². The van der Waals surface area contributed by atoms with E-state index in [2.05, 4.69) is 0 Å².